The second-order valence-electron chi connectivity index (χ2n) is 2.84. The van der Waals surface area contributed by atoms with Crippen LogP contribution in [0.25, 0.3) is 0 Å². The summed E-state index contributed by atoms with van der Waals surface area (Å²) in [5.41, 5.74) is -0.112. The average molecular weight is 129 g/mol. The molecule has 0 aromatic heterocycles. The van der Waals surface area contributed by atoms with Crippen LogP contribution in [0.5, 0.6) is 0 Å². The van der Waals surface area contributed by atoms with E-state index in [1.54, 1.807) is 0 Å². The molecule has 2 aliphatic rings. The van der Waals surface area contributed by atoms with E-state index in [2.05, 4.69) is 5.32 Å². The van der Waals surface area contributed by atoms with Gasteiger partial charge in [0.15, 0.2) is 0 Å². The van der Waals surface area contributed by atoms with Crippen molar-refractivity contribution in [3.63, 3.8) is 0 Å². The van der Waals surface area contributed by atoms with Gasteiger partial charge in [-0.25, -0.2) is 0 Å². The van der Waals surface area contributed by atoms with Crippen LogP contribution in [-0.4, -0.2) is 30.1 Å². The van der Waals surface area contributed by atoms with Crippen molar-refractivity contribution in [2.75, 3.05) is 13.2 Å². The first-order valence-corrected chi connectivity index (χ1v) is 3.38. The van der Waals surface area contributed by atoms with E-state index in [1.165, 1.54) is 0 Å². The van der Waals surface area contributed by atoms with Crippen LogP contribution in [-0.2, 0) is 4.74 Å². The predicted octanol–water partition coefficient (Wildman–Crippen LogP) is -0.543. The molecule has 0 radical (unpaired) electrons. The molecule has 0 aromatic carbocycles. The summed E-state index contributed by atoms with van der Waals surface area (Å²) in [6.45, 7) is 1.54. The number of aliphatic hydroxyl groups excluding tert-OH is 1. The predicted molar refractivity (Wildman–Crippen MR) is 31.9 cm³/mol. The van der Waals surface area contributed by atoms with Crippen molar-refractivity contribution >= 4 is 0 Å². The summed E-state index contributed by atoms with van der Waals surface area (Å²) >= 11 is 0. The molecular formula is C6H11NO2. The van der Waals surface area contributed by atoms with Crippen molar-refractivity contribution < 1.29 is 9.84 Å². The van der Waals surface area contributed by atoms with Crippen molar-refractivity contribution in [1.82, 2.24) is 5.32 Å². The monoisotopic (exact) mass is 129 g/mol. The average Bonchev–Trinajstić information content (AvgIpc) is 2.09. The Morgan fingerprint density at radius 2 is 2.44 bits per heavy atom. The first kappa shape index (κ1) is 5.65. The number of rotatable bonds is 0. The van der Waals surface area contributed by atoms with E-state index in [1.807, 2.05) is 0 Å². The summed E-state index contributed by atoms with van der Waals surface area (Å²) in [4.78, 5) is 0. The lowest BCUT2D eigenvalue weighted by atomic mass is 9.98. The maximum Gasteiger partial charge on any atom is 0.123 e. The Hall–Kier alpha value is -0.120. The van der Waals surface area contributed by atoms with Crippen molar-refractivity contribution in [3.8, 4) is 0 Å². The standard InChI is InChI=1S/C6H11NO2/c8-5-3-6(9-4-5)1-2-7-6/h5,7-8H,1-4H2. The van der Waals surface area contributed by atoms with E-state index < -0.39 is 0 Å². The minimum atomic E-state index is -0.238. The van der Waals surface area contributed by atoms with Crippen LogP contribution >= 0.6 is 0 Å². The molecule has 0 bridgehead atoms. The van der Waals surface area contributed by atoms with Gasteiger partial charge < -0.3 is 9.84 Å². The van der Waals surface area contributed by atoms with Crippen LogP contribution < -0.4 is 5.32 Å². The number of nitrogens with one attached hydrogen (secondary N) is 1. The van der Waals surface area contributed by atoms with E-state index >= 15 is 0 Å². The fourth-order valence-electron chi connectivity index (χ4n) is 1.46. The fraction of sp³-hybridized carbons (Fsp3) is 1.00. The molecule has 2 aliphatic heterocycles. The number of ether oxygens (including phenoxy) is 1. The second kappa shape index (κ2) is 1.68. The van der Waals surface area contributed by atoms with E-state index in [4.69, 9.17) is 9.84 Å². The minimum Gasteiger partial charge on any atom is -0.391 e. The lowest BCUT2D eigenvalue weighted by Gasteiger charge is -2.38. The Morgan fingerprint density at radius 3 is 2.67 bits per heavy atom. The van der Waals surface area contributed by atoms with Gasteiger partial charge in [-0.2, -0.15) is 0 Å². The zero-order valence-corrected chi connectivity index (χ0v) is 5.26. The van der Waals surface area contributed by atoms with Gasteiger partial charge in [0.2, 0.25) is 0 Å². The summed E-state index contributed by atoms with van der Waals surface area (Å²) in [5.74, 6) is 0. The van der Waals surface area contributed by atoms with Gasteiger partial charge >= 0.3 is 0 Å². The largest absolute Gasteiger partial charge is 0.391 e. The van der Waals surface area contributed by atoms with Gasteiger partial charge in [0, 0.05) is 19.4 Å². The Morgan fingerprint density at radius 1 is 1.67 bits per heavy atom. The molecule has 2 N–H and O–H groups in total. The third kappa shape index (κ3) is 0.764. The third-order valence-electron chi connectivity index (χ3n) is 2.09. The zero-order valence-electron chi connectivity index (χ0n) is 5.26. The topological polar surface area (TPSA) is 41.5 Å². The maximum absolute atomic E-state index is 9.06. The first-order chi connectivity index (χ1) is 4.31. The van der Waals surface area contributed by atoms with E-state index in [0.717, 1.165) is 19.4 Å². The van der Waals surface area contributed by atoms with Crippen molar-refractivity contribution in [1.29, 1.82) is 0 Å². The molecule has 2 heterocycles. The van der Waals surface area contributed by atoms with Crippen molar-refractivity contribution in [3.05, 3.63) is 0 Å². The lowest BCUT2D eigenvalue weighted by Crippen LogP contribution is -2.56. The van der Waals surface area contributed by atoms with E-state index in [0.29, 0.717) is 6.61 Å². The molecule has 0 aromatic rings. The molecule has 0 saturated carbocycles. The van der Waals surface area contributed by atoms with Crippen LogP contribution in [0, 0.1) is 0 Å². The summed E-state index contributed by atoms with van der Waals surface area (Å²) < 4.78 is 5.33. The second-order valence-corrected chi connectivity index (χ2v) is 2.84. The van der Waals surface area contributed by atoms with Gasteiger partial charge in [0.1, 0.15) is 5.72 Å². The minimum absolute atomic E-state index is 0.112. The number of hydrogen-bond donors (Lipinski definition) is 2. The lowest BCUT2D eigenvalue weighted by molar-refractivity contribution is -0.0752. The van der Waals surface area contributed by atoms with Gasteiger partial charge in [-0.3, -0.25) is 5.32 Å². The molecule has 0 amide bonds. The summed E-state index contributed by atoms with van der Waals surface area (Å²) in [6, 6.07) is 0. The van der Waals surface area contributed by atoms with E-state index in [9.17, 15) is 0 Å². The molecule has 2 saturated heterocycles. The highest BCUT2D eigenvalue weighted by Gasteiger charge is 2.44. The van der Waals surface area contributed by atoms with Gasteiger partial charge in [-0.05, 0) is 0 Å². The zero-order chi connectivity index (χ0) is 6.32. The van der Waals surface area contributed by atoms with Gasteiger partial charge in [0.05, 0.1) is 12.7 Å². The summed E-state index contributed by atoms with van der Waals surface area (Å²) in [5, 5.41) is 12.2. The fourth-order valence-corrected chi connectivity index (χ4v) is 1.46. The van der Waals surface area contributed by atoms with Crippen molar-refractivity contribution in [2.45, 2.75) is 24.7 Å². The van der Waals surface area contributed by atoms with Crippen LogP contribution in [0.4, 0.5) is 0 Å². The summed E-state index contributed by atoms with van der Waals surface area (Å²) in [7, 11) is 0. The molecule has 52 valence electrons. The molecule has 3 nitrogen and oxygen atoms in total. The van der Waals surface area contributed by atoms with E-state index in [-0.39, 0.29) is 11.8 Å². The van der Waals surface area contributed by atoms with Crippen LogP contribution in [0.3, 0.4) is 0 Å². The van der Waals surface area contributed by atoms with Gasteiger partial charge in [0.25, 0.3) is 0 Å². The Kier molecular flexibility index (Phi) is 1.06. The molecule has 2 atom stereocenters. The van der Waals surface area contributed by atoms with Crippen LogP contribution in [0.15, 0.2) is 0 Å². The quantitative estimate of drug-likeness (QED) is 0.461. The molecule has 2 fully saturated rings. The number of aliphatic hydroxyl groups is 1. The number of hydrogen-bond acceptors (Lipinski definition) is 3. The normalized spacial score (nSPS) is 49.7. The van der Waals surface area contributed by atoms with Crippen LogP contribution in [0.2, 0.25) is 0 Å². The Labute approximate surface area is 54.0 Å². The highest BCUT2D eigenvalue weighted by atomic mass is 16.5. The molecule has 9 heavy (non-hydrogen) atoms. The molecule has 1 spiro atoms. The molecule has 3 heteroatoms. The molecule has 2 unspecified atom stereocenters. The highest BCUT2D eigenvalue weighted by Crippen LogP contribution is 2.31. The van der Waals surface area contributed by atoms with Gasteiger partial charge in [-0.1, -0.05) is 0 Å². The Bertz CT molecular complexity index is 122. The first-order valence-electron chi connectivity index (χ1n) is 3.38. The smallest absolute Gasteiger partial charge is 0.123 e. The molecule has 2 rings (SSSR count). The van der Waals surface area contributed by atoms with Crippen molar-refractivity contribution in [2.24, 2.45) is 0 Å². The molecular weight excluding hydrogens is 118 g/mol. The highest BCUT2D eigenvalue weighted by molar-refractivity contribution is 4.94. The Balaban J connectivity index is 1.99. The molecule has 0 aliphatic carbocycles. The van der Waals surface area contributed by atoms with Crippen LogP contribution in [0.1, 0.15) is 12.8 Å². The SMILES string of the molecule is OC1COC2(CCN2)C1. The van der Waals surface area contributed by atoms with Gasteiger partial charge in [-0.15, -0.1) is 0 Å². The third-order valence-corrected chi connectivity index (χ3v) is 2.09. The summed E-state index contributed by atoms with van der Waals surface area (Å²) in [6.07, 6.45) is 1.59. The maximum atomic E-state index is 9.06.